The number of amidine groups is 1. The van der Waals surface area contributed by atoms with Gasteiger partial charge in [-0.25, -0.2) is 26.9 Å². The van der Waals surface area contributed by atoms with Crippen molar-refractivity contribution < 1.29 is 31.5 Å². The number of methoxy groups -OCH3 is 1. The highest BCUT2D eigenvalue weighted by Gasteiger charge is 2.60. The smallest absolute Gasteiger partial charge is 0.281 e. The number of hydrogen-bond acceptors (Lipinski definition) is 5. The van der Waals surface area contributed by atoms with Gasteiger partial charge < -0.3 is 15.8 Å². The van der Waals surface area contributed by atoms with Gasteiger partial charge >= 0.3 is 0 Å². The van der Waals surface area contributed by atoms with Gasteiger partial charge in [0.1, 0.15) is 17.3 Å². The Morgan fingerprint density at radius 2 is 1.80 bits per heavy atom. The Balaban J connectivity index is 1.88. The van der Waals surface area contributed by atoms with E-state index < -0.39 is 52.4 Å². The third-order valence-corrected chi connectivity index (χ3v) is 5.68. The molecule has 6 nitrogen and oxygen atoms in total. The second-order valence-electron chi connectivity index (χ2n) is 7.85. The number of ether oxygens (including phenoxy) is 1. The quantitative estimate of drug-likeness (QED) is 0.504. The largest absolute Gasteiger partial charge is 0.495 e. The maximum atomic E-state index is 15.6. The number of alkyl halides is 2. The van der Waals surface area contributed by atoms with E-state index in [2.05, 4.69) is 15.3 Å². The number of nitrogens with two attached hydrogens (primary N) is 1. The number of carbonyl (C=O) groups excluding carboxylic acids is 1. The molecule has 182 valence electrons. The molecule has 2 heterocycles. The van der Waals surface area contributed by atoms with E-state index in [0.29, 0.717) is 11.8 Å². The molecule has 1 atom stereocenters. The summed E-state index contributed by atoms with van der Waals surface area (Å²) in [6.45, 7) is 0. The van der Waals surface area contributed by atoms with E-state index in [9.17, 15) is 13.6 Å². The fourth-order valence-corrected chi connectivity index (χ4v) is 3.99. The molecule has 2 aromatic carbocycles. The highest BCUT2D eigenvalue weighted by Crippen LogP contribution is 2.53. The van der Waals surface area contributed by atoms with Crippen molar-refractivity contribution in [1.82, 2.24) is 4.98 Å². The SMILES string of the molecule is COc1ccc(C(=O)Nc2cc(F)c(F)c([C@]3(c4ccccc4F)N=C(N)CCC3(F)F)c2)nc1. The minimum Gasteiger partial charge on any atom is -0.495 e. The number of amides is 1. The summed E-state index contributed by atoms with van der Waals surface area (Å²) in [6, 6.07) is 8.62. The molecular formula is C24H19F5N4O2. The average molecular weight is 490 g/mol. The van der Waals surface area contributed by atoms with Crippen LogP contribution in [-0.2, 0) is 5.54 Å². The lowest BCUT2D eigenvalue weighted by molar-refractivity contribution is -0.0728. The van der Waals surface area contributed by atoms with Crippen LogP contribution in [0.25, 0.3) is 0 Å². The van der Waals surface area contributed by atoms with Crippen LogP contribution >= 0.6 is 0 Å². The van der Waals surface area contributed by atoms with Crippen LogP contribution in [0.1, 0.15) is 34.5 Å². The van der Waals surface area contributed by atoms with E-state index in [-0.39, 0.29) is 23.6 Å². The van der Waals surface area contributed by atoms with Gasteiger partial charge in [0.15, 0.2) is 17.2 Å². The zero-order valence-electron chi connectivity index (χ0n) is 18.3. The van der Waals surface area contributed by atoms with Crippen molar-refractivity contribution in [2.24, 2.45) is 10.7 Å². The molecule has 0 unspecified atom stereocenters. The minimum absolute atomic E-state index is 0.105. The Hall–Kier alpha value is -4.02. The minimum atomic E-state index is -3.86. The summed E-state index contributed by atoms with van der Waals surface area (Å²) in [5.74, 6) is -8.93. The third kappa shape index (κ3) is 4.17. The summed E-state index contributed by atoms with van der Waals surface area (Å²) >= 11 is 0. The Morgan fingerprint density at radius 1 is 1.06 bits per heavy atom. The predicted octanol–water partition coefficient (Wildman–Crippen LogP) is 4.79. The highest BCUT2D eigenvalue weighted by molar-refractivity contribution is 6.03. The van der Waals surface area contributed by atoms with Crippen molar-refractivity contribution in [3.63, 3.8) is 0 Å². The van der Waals surface area contributed by atoms with Gasteiger partial charge in [0.25, 0.3) is 11.8 Å². The number of hydrogen-bond donors (Lipinski definition) is 2. The molecule has 0 saturated carbocycles. The Bertz CT molecular complexity index is 1310. The lowest BCUT2D eigenvalue weighted by Crippen LogP contribution is -2.50. The molecule has 3 aromatic rings. The summed E-state index contributed by atoms with van der Waals surface area (Å²) in [6.07, 6.45) is 0.0514. The van der Waals surface area contributed by atoms with Crippen LogP contribution in [0.3, 0.4) is 0 Å². The first-order valence-electron chi connectivity index (χ1n) is 10.4. The first-order chi connectivity index (χ1) is 16.6. The number of carbonyl (C=O) groups is 1. The Kier molecular flexibility index (Phi) is 6.18. The molecule has 0 saturated heterocycles. The van der Waals surface area contributed by atoms with Gasteiger partial charge in [0.05, 0.1) is 19.1 Å². The second-order valence-corrected chi connectivity index (χ2v) is 7.85. The van der Waals surface area contributed by atoms with Crippen LogP contribution in [0.4, 0.5) is 27.6 Å². The average Bonchev–Trinajstić information content (AvgIpc) is 2.83. The third-order valence-electron chi connectivity index (χ3n) is 5.68. The molecule has 0 fully saturated rings. The summed E-state index contributed by atoms with van der Waals surface area (Å²) in [7, 11) is 1.40. The van der Waals surface area contributed by atoms with Crippen molar-refractivity contribution in [2.75, 3.05) is 12.4 Å². The number of anilines is 1. The topological polar surface area (TPSA) is 89.6 Å². The van der Waals surface area contributed by atoms with Crippen LogP contribution in [-0.4, -0.2) is 29.8 Å². The van der Waals surface area contributed by atoms with E-state index in [1.807, 2.05) is 0 Å². The Morgan fingerprint density at radius 3 is 2.46 bits per heavy atom. The van der Waals surface area contributed by atoms with E-state index >= 15 is 13.2 Å². The number of aromatic nitrogens is 1. The van der Waals surface area contributed by atoms with Gasteiger partial charge in [-0.2, -0.15) is 0 Å². The standard InChI is InChI=1S/C24H19F5N4O2/c1-35-14-6-7-19(31-12-14)22(34)32-13-10-16(21(27)18(26)11-13)24(15-4-2-3-5-17(15)25)23(28,29)9-8-20(30)33-24/h2-7,10-12H,8-9H2,1H3,(H2,30,33)(H,32,34)/t24-/m0/s1. The van der Waals surface area contributed by atoms with Crippen molar-refractivity contribution in [1.29, 1.82) is 0 Å². The number of benzene rings is 2. The molecule has 1 aromatic heterocycles. The van der Waals surface area contributed by atoms with E-state index in [1.54, 1.807) is 0 Å². The fourth-order valence-electron chi connectivity index (χ4n) is 3.99. The molecule has 3 N–H and O–H groups in total. The molecule has 1 aliphatic rings. The zero-order chi connectivity index (χ0) is 25.4. The predicted molar refractivity (Wildman–Crippen MR) is 118 cm³/mol. The molecule has 35 heavy (non-hydrogen) atoms. The number of pyridine rings is 1. The van der Waals surface area contributed by atoms with Gasteiger partial charge in [-0.05, 0) is 24.3 Å². The van der Waals surface area contributed by atoms with E-state index in [4.69, 9.17) is 10.5 Å². The Labute approximate surface area is 196 Å². The van der Waals surface area contributed by atoms with E-state index in [0.717, 1.165) is 18.2 Å². The van der Waals surface area contributed by atoms with Crippen molar-refractivity contribution in [2.45, 2.75) is 24.3 Å². The number of nitrogens with one attached hydrogen (secondary N) is 1. The highest BCUT2D eigenvalue weighted by atomic mass is 19.3. The molecule has 4 rings (SSSR count). The molecule has 11 heteroatoms. The van der Waals surface area contributed by atoms with Gasteiger partial charge in [-0.3, -0.25) is 9.79 Å². The lowest BCUT2D eigenvalue weighted by Gasteiger charge is -2.41. The second kappa shape index (κ2) is 8.97. The van der Waals surface area contributed by atoms with Crippen LogP contribution in [0.15, 0.2) is 59.7 Å². The van der Waals surface area contributed by atoms with Crippen molar-refractivity contribution >= 4 is 17.4 Å². The molecule has 0 bridgehead atoms. The van der Waals surface area contributed by atoms with Gasteiger partial charge in [0.2, 0.25) is 0 Å². The molecule has 0 radical (unpaired) electrons. The van der Waals surface area contributed by atoms with Crippen LogP contribution in [0, 0.1) is 17.5 Å². The molecule has 1 amide bonds. The molecule has 0 spiro atoms. The molecule has 0 aliphatic carbocycles. The fraction of sp³-hybridized carbons (Fsp3) is 0.208. The maximum Gasteiger partial charge on any atom is 0.281 e. The summed E-state index contributed by atoms with van der Waals surface area (Å²) in [5.41, 5.74) is 0.603. The normalized spacial score (nSPS) is 19.1. The van der Waals surface area contributed by atoms with E-state index in [1.165, 1.54) is 37.6 Å². The van der Waals surface area contributed by atoms with Gasteiger partial charge in [0, 0.05) is 35.7 Å². The lowest BCUT2D eigenvalue weighted by atomic mass is 9.74. The van der Waals surface area contributed by atoms with Crippen LogP contribution < -0.4 is 15.8 Å². The number of aliphatic imine (C=N–C) groups is 1. The van der Waals surface area contributed by atoms with Gasteiger partial charge in [-0.1, -0.05) is 18.2 Å². The van der Waals surface area contributed by atoms with Crippen LogP contribution in [0.2, 0.25) is 0 Å². The maximum absolute atomic E-state index is 15.6. The number of halogens is 5. The zero-order valence-corrected chi connectivity index (χ0v) is 18.3. The van der Waals surface area contributed by atoms with Crippen molar-refractivity contribution in [3.05, 3.63) is 89.0 Å². The molecule has 1 aliphatic heterocycles. The van der Waals surface area contributed by atoms with Crippen LogP contribution in [0.5, 0.6) is 5.75 Å². The summed E-state index contributed by atoms with van der Waals surface area (Å²) in [5, 5.41) is 2.30. The van der Waals surface area contributed by atoms with Gasteiger partial charge in [-0.15, -0.1) is 0 Å². The first kappa shape index (κ1) is 24.1. The number of rotatable bonds is 5. The monoisotopic (exact) mass is 490 g/mol. The molecular weight excluding hydrogens is 471 g/mol. The number of nitrogens with zero attached hydrogens (tertiary/aromatic N) is 2. The summed E-state index contributed by atoms with van der Waals surface area (Å²) in [4.78, 5) is 20.3. The summed E-state index contributed by atoms with van der Waals surface area (Å²) < 4.78 is 80.8. The van der Waals surface area contributed by atoms with Crippen molar-refractivity contribution in [3.8, 4) is 5.75 Å². The first-order valence-corrected chi connectivity index (χ1v) is 10.4.